The SMILES string of the molecule is CN(C1CC(C(C)(C)C)C1)C(C)(C)C. The van der Waals surface area contributed by atoms with Gasteiger partial charge in [0.2, 0.25) is 0 Å². The predicted molar refractivity (Wildman–Crippen MR) is 63.5 cm³/mol. The van der Waals surface area contributed by atoms with Crippen molar-refractivity contribution in [3.8, 4) is 0 Å². The number of rotatable bonds is 1. The molecule has 14 heavy (non-hydrogen) atoms. The van der Waals surface area contributed by atoms with E-state index in [-0.39, 0.29) is 0 Å². The molecule has 0 heterocycles. The Balaban J connectivity index is 2.42. The van der Waals surface area contributed by atoms with E-state index in [0.29, 0.717) is 11.0 Å². The first-order valence-electron chi connectivity index (χ1n) is 5.85. The fraction of sp³-hybridized carbons (Fsp3) is 1.00. The van der Waals surface area contributed by atoms with E-state index in [1.807, 2.05) is 0 Å². The van der Waals surface area contributed by atoms with Gasteiger partial charge in [0, 0.05) is 11.6 Å². The van der Waals surface area contributed by atoms with Crippen molar-refractivity contribution in [2.24, 2.45) is 11.3 Å². The molecule has 1 heteroatoms. The molecule has 0 aromatic carbocycles. The van der Waals surface area contributed by atoms with E-state index in [0.717, 1.165) is 12.0 Å². The normalized spacial score (nSPS) is 29.1. The van der Waals surface area contributed by atoms with E-state index in [4.69, 9.17) is 0 Å². The van der Waals surface area contributed by atoms with E-state index < -0.39 is 0 Å². The summed E-state index contributed by atoms with van der Waals surface area (Å²) in [5.41, 5.74) is 0.836. The van der Waals surface area contributed by atoms with Gasteiger partial charge in [0.15, 0.2) is 0 Å². The van der Waals surface area contributed by atoms with Gasteiger partial charge in [0.1, 0.15) is 0 Å². The number of hydrogen-bond acceptors (Lipinski definition) is 1. The van der Waals surface area contributed by atoms with Crippen molar-refractivity contribution < 1.29 is 0 Å². The van der Waals surface area contributed by atoms with Crippen molar-refractivity contribution >= 4 is 0 Å². The van der Waals surface area contributed by atoms with Crippen LogP contribution in [-0.2, 0) is 0 Å². The van der Waals surface area contributed by atoms with Crippen LogP contribution in [0.4, 0.5) is 0 Å². The Hall–Kier alpha value is -0.0400. The maximum atomic E-state index is 2.54. The van der Waals surface area contributed by atoms with Crippen LogP contribution in [0.25, 0.3) is 0 Å². The molecule has 84 valence electrons. The van der Waals surface area contributed by atoms with Crippen molar-refractivity contribution in [3.63, 3.8) is 0 Å². The Morgan fingerprint density at radius 1 is 0.929 bits per heavy atom. The molecule has 1 nitrogen and oxygen atoms in total. The van der Waals surface area contributed by atoms with Crippen molar-refractivity contribution in [3.05, 3.63) is 0 Å². The maximum absolute atomic E-state index is 2.54. The monoisotopic (exact) mass is 197 g/mol. The van der Waals surface area contributed by atoms with Gasteiger partial charge in [-0.1, -0.05) is 20.8 Å². The molecule has 0 aromatic rings. The Morgan fingerprint density at radius 3 is 1.64 bits per heavy atom. The molecule has 0 amide bonds. The highest BCUT2D eigenvalue weighted by atomic mass is 15.2. The second kappa shape index (κ2) is 3.52. The summed E-state index contributed by atoms with van der Waals surface area (Å²) in [5.74, 6) is 0.928. The molecule has 0 N–H and O–H groups in total. The van der Waals surface area contributed by atoms with Crippen LogP contribution in [0.5, 0.6) is 0 Å². The summed E-state index contributed by atoms with van der Waals surface area (Å²) in [4.78, 5) is 2.54. The molecule has 1 aliphatic rings. The average Bonchev–Trinajstić information content (AvgIpc) is 1.77. The second-order valence-electron chi connectivity index (χ2n) is 6.97. The Kier molecular flexibility index (Phi) is 3.02. The minimum atomic E-state index is 0.327. The van der Waals surface area contributed by atoms with E-state index in [1.165, 1.54) is 12.8 Å². The second-order valence-corrected chi connectivity index (χ2v) is 6.97. The van der Waals surface area contributed by atoms with Crippen LogP contribution in [-0.4, -0.2) is 23.5 Å². The van der Waals surface area contributed by atoms with Crippen molar-refractivity contribution in [2.45, 2.75) is 66.0 Å². The molecule has 0 saturated heterocycles. The molecule has 1 aliphatic carbocycles. The minimum Gasteiger partial charge on any atom is -0.299 e. The third kappa shape index (κ3) is 2.50. The Labute approximate surface area is 89.9 Å². The molecular weight excluding hydrogens is 170 g/mol. The number of nitrogens with zero attached hydrogens (tertiary/aromatic N) is 1. The molecule has 0 aromatic heterocycles. The zero-order valence-electron chi connectivity index (χ0n) is 11.0. The van der Waals surface area contributed by atoms with E-state index in [2.05, 4.69) is 53.5 Å². The fourth-order valence-electron chi connectivity index (χ4n) is 2.16. The van der Waals surface area contributed by atoms with Gasteiger partial charge in [0.25, 0.3) is 0 Å². The zero-order valence-corrected chi connectivity index (χ0v) is 11.0. The standard InChI is InChI=1S/C13H27N/c1-12(2,3)10-8-11(9-10)14(7)13(4,5)6/h10-11H,8-9H2,1-7H3. The smallest absolute Gasteiger partial charge is 0.0124 e. The largest absolute Gasteiger partial charge is 0.299 e. The maximum Gasteiger partial charge on any atom is 0.0124 e. The molecule has 0 spiro atoms. The molecule has 1 saturated carbocycles. The lowest BCUT2D eigenvalue weighted by Crippen LogP contribution is -2.53. The van der Waals surface area contributed by atoms with Crippen LogP contribution < -0.4 is 0 Å². The van der Waals surface area contributed by atoms with Crippen LogP contribution in [0, 0.1) is 11.3 Å². The van der Waals surface area contributed by atoms with Gasteiger partial charge in [-0.05, 0) is 52.0 Å². The van der Waals surface area contributed by atoms with Crippen molar-refractivity contribution in [1.29, 1.82) is 0 Å². The first kappa shape index (κ1) is 12.0. The highest BCUT2D eigenvalue weighted by Crippen LogP contribution is 2.44. The molecular formula is C13H27N. The molecule has 0 unspecified atom stereocenters. The predicted octanol–water partition coefficient (Wildman–Crippen LogP) is 3.54. The summed E-state index contributed by atoms with van der Waals surface area (Å²) >= 11 is 0. The number of hydrogen-bond donors (Lipinski definition) is 0. The highest BCUT2D eigenvalue weighted by molar-refractivity contribution is 4.94. The summed E-state index contributed by atoms with van der Waals surface area (Å²) in [7, 11) is 2.27. The first-order valence-corrected chi connectivity index (χ1v) is 5.85. The van der Waals surface area contributed by atoms with Crippen LogP contribution in [0.15, 0.2) is 0 Å². The van der Waals surface area contributed by atoms with Gasteiger partial charge in [0.05, 0.1) is 0 Å². The summed E-state index contributed by atoms with van der Waals surface area (Å²) < 4.78 is 0. The lowest BCUT2D eigenvalue weighted by Gasteiger charge is -2.51. The van der Waals surface area contributed by atoms with E-state index >= 15 is 0 Å². The quantitative estimate of drug-likeness (QED) is 0.621. The van der Waals surface area contributed by atoms with Crippen LogP contribution in [0.1, 0.15) is 54.4 Å². The van der Waals surface area contributed by atoms with E-state index in [1.54, 1.807) is 0 Å². The Morgan fingerprint density at radius 2 is 1.36 bits per heavy atom. The van der Waals surface area contributed by atoms with Crippen molar-refractivity contribution in [2.75, 3.05) is 7.05 Å². The molecule has 0 bridgehead atoms. The summed E-state index contributed by atoms with van der Waals surface area (Å²) in [6, 6.07) is 0.819. The lowest BCUT2D eigenvalue weighted by atomic mass is 9.65. The van der Waals surface area contributed by atoms with Crippen molar-refractivity contribution in [1.82, 2.24) is 4.90 Å². The first-order chi connectivity index (χ1) is 6.12. The van der Waals surface area contributed by atoms with Gasteiger partial charge >= 0.3 is 0 Å². The van der Waals surface area contributed by atoms with Gasteiger partial charge in [-0.3, -0.25) is 4.90 Å². The van der Waals surface area contributed by atoms with Gasteiger partial charge in [-0.15, -0.1) is 0 Å². The van der Waals surface area contributed by atoms with Gasteiger partial charge in [-0.2, -0.15) is 0 Å². The van der Waals surface area contributed by atoms with Crippen LogP contribution in [0.2, 0.25) is 0 Å². The molecule has 1 fully saturated rings. The van der Waals surface area contributed by atoms with Gasteiger partial charge in [-0.25, -0.2) is 0 Å². The summed E-state index contributed by atoms with van der Waals surface area (Å²) in [5, 5.41) is 0. The molecule has 0 atom stereocenters. The topological polar surface area (TPSA) is 3.24 Å². The lowest BCUT2D eigenvalue weighted by molar-refractivity contribution is -0.00738. The summed E-state index contributed by atoms with van der Waals surface area (Å²) in [6.45, 7) is 14.0. The third-order valence-corrected chi connectivity index (χ3v) is 3.94. The Bertz CT molecular complexity index is 188. The average molecular weight is 197 g/mol. The highest BCUT2D eigenvalue weighted by Gasteiger charge is 2.41. The van der Waals surface area contributed by atoms with Gasteiger partial charge < -0.3 is 0 Å². The molecule has 0 aliphatic heterocycles. The van der Waals surface area contributed by atoms with Crippen LogP contribution in [0.3, 0.4) is 0 Å². The van der Waals surface area contributed by atoms with Crippen LogP contribution >= 0.6 is 0 Å². The molecule has 0 radical (unpaired) electrons. The fourth-order valence-corrected chi connectivity index (χ4v) is 2.16. The summed E-state index contributed by atoms with van der Waals surface area (Å²) in [6.07, 6.45) is 2.77. The minimum absolute atomic E-state index is 0.327. The molecule has 1 rings (SSSR count). The zero-order chi connectivity index (χ0) is 11.1. The third-order valence-electron chi connectivity index (χ3n) is 3.94. The van der Waals surface area contributed by atoms with E-state index in [9.17, 15) is 0 Å².